The van der Waals surface area contributed by atoms with Crippen LogP contribution in [0.3, 0.4) is 0 Å². The van der Waals surface area contributed by atoms with Gasteiger partial charge in [-0.05, 0) is 44.2 Å². The highest BCUT2D eigenvalue weighted by Crippen LogP contribution is 2.40. The fourth-order valence-electron chi connectivity index (χ4n) is 2.81. The molecule has 0 aliphatic carbocycles. The van der Waals surface area contributed by atoms with Crippen LogP contribution >= 0.6 is 11.6 Å². The highest BCUT2D eigenvalue weighted by Gasteiger charge is 2.34. The number of benzene rings is 1. The van der Waals surface area contributed by atoms with Gasteiger partial charge in [-0.25, -0.2) is 19.2 Å². The average molecular weight is 400 g/mol. The molecular formula is C20H15ClFN3O3. The number of halogens is 2. The Morgan fingerprint density at radius 3 is 2.61 bits per heavy atom. The number of carbonyl (C=O) groups is 1. The van der Waals surface area contributed by atoms with Gasteiger partial charge in [-0.3, -0.25) is 0 Å². The minimum absolute atomic E-state index is 0.0771. The van der Waals surface area contributed by atoms with Crippen molar-refractivity contribution >= 4 is 28.2 Å². The van der Waals surface area contributed by atoms with Crippen molar-refractivity contribution in [1.29, 1.82) is 5.26 Å². The molecule has 0 bridgehead atoms. The number of nitriles is 1. The summed E-state index contributed by atoms with van der Waals surface area (Å²) in [4.78, 5) is 20.8. The van der Waals surface area contributed by atoms with Gasteiger partial charge in [0.2, 0.25) is 6.10 Å². The van der Waals surface area contributed by atoms with Crippen LogP contribution in [-0.4, -0.2) is 29.2 Å². The van der Waals surface area contributed by atoms with E-state index >= 15 is 0 Å². The van der Waals surface area contributed by atoms with Crippen LogP contribution in [0, 0.1) is 31.0 Å². The Morgan fingerprint density at radius 2 is 2.00 bits per heavy atom. The van der Waals surface area contributed by atoms with Gasteiger partial charge in [-0.2, -0.15) is 5.26 Å². The zero-order valence-corrected chi connectivity index (χ0v) is 16.0. The third-order valence-electron chi connectivity index (χ3n) is 4.02. The molecule has 0 saturated heterocycles. The minimum Gasteiger partial charge on any atom is -0.473 e. The predicted molar refractivity (Wildman–Crippen MR) is 101 cm³/mol. The summed E-state index contributed by atoms with van der Waals surface area (Å²) in [5, 5.41) is 9.70. The molecule has 1 unspecified atom stereocenters. The lowest BCUT2D eigenvalue weighted by molar-refractivity contribution is -0.146. The van der Waals surface area contributed by atoms with Crippen molar-refractivity contribution in [3.05, 3.63) is 64.5 Å². The third-order valence-corrected chi connectivity index (χ3v) is 4.44. The molecule has 142 valence electrons. The number of hydrogen-bond acceptors (Lipinski definition) is 6. The lowest BCUT2D eigenvalue weighted by Gasteiger charge is -2.26. The van der Waals surface area contributed by atoms with E-state index in [9.17, 15) is 14.4 Å². The fourth-order valence-corrected chi connectivity index (χ4v) is 3.11. The third kappa shape index (κ3) is 3.73. The van der Waals surface area contributed by atoms with Crippen LogP contribution in [0.4, 0.5) is 4.39 Å². The summed E-state index contributed by atoms with van der Waals surface area (Å²) in [6, 6.07) is 7.55. The molecule has 2 aromatic rings. The summed E-state index contributed by atoms with van der Waals surface area (Å²) in [6.45, 7) is 3.55. The van der Waals surface area contributed by atoms with Crippen LogP contribution < -0.4 is 4.74 Å². The zero-order chi connectivity index (χ0) is 20.4. The molecule has 8 heteroatoms. The summed E-state index contributed by atoms with van der Waals surface area (Å²) in [6.07, 6.45) is 0.149. The number of hydrogen-bond donors (Lipinski definition) is 0. The number of ether oxygens (including phenoxy) is 2. The first kappa shape index (κ1) is 19.5. The molecule has 0 saturated carbocycles. The Bertz CT molecular complexity index is 1050. The van der Waals surface area contributed by atoms with Gasteiger partial charge in [0.15, 0.2) is 5.82 Å². The zero-order valence-electron chi connectivity index (χ0n) is 15.3. The van der Waals surface area contributed by atoms with Gasteiger partial charge in [0.05, 0.1) is 17.7 Å². The van der Waals surface area contributed by atoms with E-state index in [1.807, 2.05) is 6.07 Å². The number of carbonyl (C=O) groups excluding carboxylic acids is 1. The molecule has 1 aliphatic heterocycles. The van der Waals surface area contributed by atoms with Crippen LogP contribution in [0.15, 0.2) is 35.9 Å². The Balaban J connectivity index is 2.21. The van der Waals surface area contributed by atoms with Crippen molar-refractivity contribution in [2.45, 2.75) is 20.0 Å². The van der Waals surface area contributed by atoms with Crippen LogP contribution in [0.25, 0.3) is 10.6 Å². The second-order valence-corrected chi connectivity index (χ2v) is 6.45. The Hall–Kier alpha value is -3.24. The van der Waals surface area contributed by atoms with E-state index in [1.54, 1.807) is 19.9 Å². The Morgan fingerprint density at radius 1 is 1.32 bits per heavy atom. The lowest BCUT2D eigenvalue weighted by atomic mass is 9.98. The van der Waals surface area contributed by atoms with E-state index in [-0.39, 0.29) is 33.3 Å². The number of nitrogens with zero attached hydrogens (tertiary/aromatic N) is 3. The van der Waals surface area contributed by atoms with Crippen molar-refractivity contribution in [3.8, 4) is 11.8 Å². The number of esters is 1. The lowest BCUT2D eigenvalue weighted by Crippen LogP contribution is -2.33. The highest BCUT2D eigenvalue weighted by atomic mass is 35.5. The SMILES string of the molecule is COC(=O)C1Oc2ccc(F)cc2C(Cl)=C1/C=C(/C#N)c1nc(C)cc(C)n1. The number of aryl methyl sites for hydroxylation is 2. The number of aromatic nitrogens is 2. The molecule has 28 heavy (non-hydrogen) atoms. The molecule has 0 radical (unpaired) electrons. The van der Waals surface area contributed by atoms with Gasteiger partial charge in [0.25, 0.3) is 0 Å². The van der Waals surface area contributed by atoms with Crippen molar-refractivity contribution in [3.63, 3.8) is 0 Å². The van der Waals surface area contributed by atoms with E-state index in [1.165, 1.54) is 31.4 Å². The molecule has 2 heterocycles. The normalized spacial score (nSPS) is 16.1. The van der Waals surface area contributed by atoms with E-state index in [4.69, 9.17) is 21.1 Å². The first-order valence-electron chi connectivity index (χ1n) is 8.22. The molecule has 1 aromatic heterocycles. The smallest absolute Gasteiger partial charge is 0.351 e. The maximum absolute atomic E-state index is 13.7. The van der Waals surface area contributed by atoms with Crippen LogP contribution in [0.1, 0.15) is 22.8 Å². The summed E-state index contributed by atoms with van der Waals surface area (Å²) in [5.41, 5.74) is 1.87. The maximum atomic E-state index is 13.7. The standard InChI is InChI=1S/C20H15ClFN3O3/c1-10-6-11(2)25-19(24-10)12(9-23)7-15-17(21)14-8-13(22)4-5-16(14)28-18(15)20(26)27-3/h4-8,18H,1-3H3/b12-7-. The number of rotatable bonds is 3. The monoisotopic (exact) mass is 399 g/mol. The first-order valence-corrected chi connectivity index (χ1v) is 8.60. The summed E-state index contributed by atoms with van der Waals surface area (Å²) in [7, 11) is 1.21. The van der Waals surface area contributed by atoms with Crippen molar-refractivity contribution in [2.75, 3.05) is 7.11 Å². The molecule has 1 atom stereocenters. The van der Waals surface area contributed by atoms with Crippen LogP contribution in [0.2, 0.25) is 0 Å². The first-order chi connectivity index (χ1) is 13.3. The molecule has 0 fully saturated rings. The molecular weight excluding hydrogens is 385 g/mol. The topological polar surface area (TPSA) is 85.1 Å². The molecule has 0 amide bonds. The van der Waals surface area contributed by atoms with Crippen LogP contribution in [-0.2, 0) is 9.53 Å². The van der Waals surface area contributed by atoms with Crippen molar-refractivity contribution in [2.24, 2.45) is 0 Å². The number of fused-ring (bicyclic) bond motifs is 1. The van der Waals surface area contributed by atoms with Gasteiger partial charge < -0.3 is 9.47 Å². The molecule has 1 aliphatic rings. The second kappa shape index (κ2) is 7.79. The van der Waals surface area contributed by atoms with E-state index in [0.29, 0.717) is 11.4 Å². The van der Waals surface area contributed by atoms with E-state index < -0.39 is 17.9 Å². The predicted octanol–water partition coefficient (Wildman–Crippen LogP) is 3.72. The van der Waals surface area contributed by atoms with Gasteiger partial charge in [-0.1, -0.05) is 11.6 Å². The van der Waals surface area contributed by atoms with E-state index in [0.717, 1.165) is 0 Å². The van der Waals surface area contributed by atoms with Crippen LogP contribution in [0.5, 0.6) is 5.75 Å². The average Bonchev–Trinajstić information content (AvgIpc) is 2.66. The number of allylic oxidation sites excluding steroid dienone is 1. The summed E-state index contributed by atoms with van der Waals surface area (Å²) < 4.78 is 24.1. The van der Waals surface area contributed by atoms with Gasteiger partial charge in [-0.15, -0.1) is 0 Å². The molecule has 6 nitrogen and oxygen atoms in total. The number of methoxy groups -OCH3 is 1. The largest absolute Gasteiger partial charge is 0.473 e. The van der Waals surface area contributed by atoms with Crippen molar-refractivity contribution in [1.82, 2.24) is 9.97 Å². The maximum Gasteiger partial charge on any atom is 0.351 e. The minimum atomic E-state index is -1.22. The molecule has 0 spiro atoms. The molecule has 0 N–H and O–H groups in total. The van der Waals surface area contributed by atoms with Crippen molar-refractivity contribution < 1.29 is 18.7 Å². The summed E-state index contributed by atoms with van der Waals surface area (Å²) >= 11 is 6.46. The molecule has 1 aromatic carbocycles. The van der Waals surface area contributed by atoms with Gasteiger partial charge in [0, 0.05) is 22.5 Å². The van der Waals surface area contributed by atoms with Gasteiger partial charge in [0.1, 0.15) is 17.6 Å². The fraction of sp³-hybridized carbons (Fsp3) is 0.200. The van der Waals surface area contributed by atoms with E-state index in [2.05, 4.69) is 9.97 Å². The quantitative estimate of drug-likeness (QED) is 0.577. The second-order valence-electron chi connectivity index (χ2n) is 6.07. The Kier molecular flexibility index (Phi) is 5.43. The highest BCUT2D eigenvalue weighted by molar-refractivity contribution is 6.50. The summed E-state index contributed by atoms with van der Waals surface area (Å²) in [5.74, 6) is -0.803. The van der Waals surface area contributed by atoms with Gasteiger partial charge >= 0.3 is 5.97 Å². The Labute approximate surface area is 165 Å². The molecule has 3 rings (SSSR count).